The average molecular weight is 490 g/mol. The van der Waals surface area contributed by atoms with Gasteiger partial charge in [0.05, 0.1) is 37.9 Å². The van der Waals surface area contributed by atoms with Gasteiger partial charge in [0.2, 0.25) is 0 Å². The van der Waals surface area contributed by atoms with Gasteiger partial charge in [0.25, 0.3) is 5.91 Å². The first-order valence-corrected chi connectivity index (χ1v) is 11.2. The van der Waals surface area contributed by atoms with Crippen LogP contribution in [-0.4, -0.2) is 49.4 Å². The van der Waals surface area contributed by atoms with Crippen molar-refractivity contribution in [3.63, 3.8) is 0 Å². The highest BCUT2D eigenvalue weighted by atomic mass is 16.5. The topological polar surface area (TPSA) is 101 Å². The number of aryl methyl sites for hydroxylation is 1. The maximum Gasteiger partial charge on any atom is 0.338 e. The Hall–Kier alpha value is -4.53. The molecule has 0 bridgehead atoms. The Balaban J connectivity index is 1.39. The number of imidazole rings is 1. The lowest BCUT2D eigenvalue weighted by Crippen LogP contribution is -2.28. The van der Waals surface area contributed by atoms with Crippen molar-refractivity contribution >= 4 is 22.9 Å². The summed E-state index contributed by atoms with van der Waals surface area (Å²) in [5.41, 5.74) is 3.52. The van der Waals surface area contributed by atoms with Gasteiger partial charge in [-0.05, 0) is 43.3 Å². The molecule has 0 radical (unpaired) electrons. The van der Waals surface area contributed by atoms with Crippen LogP contribution >= 0.6 is 0 Å². The predicted molar refractivity (Wildman–Crippen MR) is 134 cm³/mol. The summed E-state index contributed by atoms with van der Waals surface area (Å²) in [4.78, 5) is 29.5. The van der Waals surface area contributed by atoms with Gasteiger partial charge in [-0.1, -0.05) is 18.2 Å². The van der Waals surface area contributed by atoms with E-state index < -0.39 is 18.5 Å². The number of hydrogen-bond donors (Lipinski definition) is 1. The number of amides is 1. The van der Waals surface area contributed by atoms with Crippen LogP contribution in [0.2, 0.25) is 0 Å². The zero-order valence-electron chi connectivity index (χ0n) is 20.5. The summed E-state index contributed by atoms with van der Waals surface area (Å²) >= 11 is 0. The highest BCUT2D eigenvalue weighted by Crippen LogP contribution is 2.34. The Kier molecular flexibility index (Phi) is 7.39. The molecule has 0 aliphatic carbocycles. The number of fused-ring (bicyclic) bond motifs is 1. The summed E-state index contributed by atoms with van der Waals surface area (Å²) in [6.07, 6.45) is 0. The minimum absolute atomic E-state index is 0.155. The van der Waals surface area contributed by atoms with Crippen molar-refractivity contribution < 1.29 is 28.5 Å². The van der Waals surface area contributed by atoms with Crippen LogP contribution in [0.15, 0.2) is 60.7 Å². The van der Waals surface area contributed by atoms with Crippen molar-refractivity contribution in [3.8, 4) is 22.9 Å². The van der Waals surface area contributed by atoms with E-state index in [1.807, 2.05) is 47.9 Å². The van der Waals surface area contributed by atoms with E-state index in [1.165, 1.54) is 21.3 Å². The lowest BCUT2D eigenvalue weighted by Gasteiger charge is -2.14. The Morgan fingerprint density at radius 2 is 1.58 bits per heavy atom. The van der Waals surface area contributed by atoms with Crippen LogP contribution in [0.4, 0.5) is 0 Å². The molecule has 4 rings (SSSR count). The molecule has 0 aliphatic heterocycles. The minimum atomic E-state index is -0.609. The largest absolute Gasteiger partial charge is 0.496 e. The lowest BCUT2D eigenvalue weighted by atomic mass is 10.1. The molecule has 0 unspecified atom stereocenters. The standard InChI is InChI=1S/C27H27N3O6/c1-17-29-21-12-18(10-11-22(21)30(17)20-8-6-5-7-9-20)27(32)36-16-26(31)28-15-19-13-24(34-3)25(35-4)14-23(19)33-2/h5-14H,15-16H2,1-4H3,(H,28,31). The predicted octanol–water partition coefficient (Wildman–Crippen LogP) is 3.83. The fourth-order valence-electron chi connectivity index (χ4n) is 3.92. The minimum Gasteiger partial charge on any atom is -0.496 e. The first-order chi connectivity index (χ1) is 17.4. The molecule has 0 saturated carbocycles. The van der Waals surface area contributed by atoms with Crippen molar-refractivity contribution in [3.05, 3.63) is 77.6 Å². The summed E-state index contributed by atoms with van der Waals surface area (Å²) in [7, 11) is 4.58. The smallest absolute Gasteiger partial charge is 0.338 e. The molecule has 0 saturated heterocycles. The molecule has 9 heteroatoms. The van der Waals surface area contributed by atoms with Crippen LogP contribution in [0, 0.1) is 6.92 Å². The number of nitrogens with zero attached hydrogens (tertiary/aromatic N) is 2. The van der Waals surface area contributed by atoms with Crippen molar-refractivity contribution in [1.29, 1.82) is 0 Å². The summed E-state index contributed by atoms with van der Waals surface area (Å²) in [5, 5.41) is 2.72. The number of carbonyl (C=O) groups is 2. The van der Waals surface area contributed by atoms with E-state index in [9.17, 15) is 9.59 Å². The fraction of sp³-hybridized carbons (Fsp3) is 0.222. The molecule has 0 spiro atoms. The van der Waals surface area contributed by atoms with Crippen LogP contribution in [0.3, 0.4) is 0 Å². The van der Waals surface area contributed by atoms with E-state index in [0.717, 1.165) is 17.0 Å². The number of carbonyl (C=O) groups excluding carboxylic acids is 2. The number of nitrogens with one attached hydrogen (secondary N) is 1. The van der Waals surface area contributed by atoms with Crippen molar-refractivity contribution in [2.24, 2.45) is 0 Å². The first kappa shape index (κ1) is 24.6. The van der Waals surface area contributed by atoms with Gasteiger partial charge in [0.15, 0.2) is 18.1 Å². The Bertz CT molecular complexity index is 1400. The molecular weight excluding hydrogens is 462 g/mol. The third kappa shape index (κ3) is 5.10. The quantitative estimate of drug-likeness (QED) is 0.357. The van der Waals surface area contributed by atoms with Crippen LogP contribution in [0.5, 0.6) is 17.2 Å². The van der Waals surface area contributed by atoms with Gasteiger partial charge in [-0.3, -0.25) is 9.36 Å². The summed E-state index contributed by atoms with van der Waals surface area (Å²) in [6.45, 7) is 1.63. The molecule has 0 aliphatic rings. The summed E-state index contributed by atoms with van der Waals surface area (Å²) in [6, 6.07) is 18.4. The van der Waals surface area contributed by atoms with E-state index in [1.54, 1.807) is 24.3 Å². The lowest BCUT2D eigenvalue weighted by molar-refractivity contribution is -0.124. The normalized spacial score (nSPS) is 10.7. The number of benzene rings is 3. The van der Waals surface area contributed by atoms with Gasteiger partial charge in [-0.2, -0.15) is 0 Å². The molecule has 3 aromatic carbocycles. The third-order valence-corrected chi connectivity index (χ3v) is 5.67. The van der Waals surface area contributed by atoms with Crippen molar-refractivity contribution in [2.75, 3.05) is 27.9 Å². The number of aromatic nitrogens is 2. The van der Waals surface area contributed by atoms with Gasteiger partial charge in [0.1, 0.15) is 11.6 Å². The van der Waals surface area contributed by atoms with Gasteiger partial charge < -0.3 is 24.3 Å². The van der Waals surface area contributed by atoms with Gasteiger partial charge >= 0.3 is 5.97 Å². The third-order valence-electron chi connectivity index (χ3n) is 5.67. The molecular formula is C27H27N3O6. The second-order valence-electron chi connectivity index (χ2n) is 7.91. The van der Waals surface area contributed by atoms with E-state index in [0.29, 0.717) is 33.9 Å². The zero-order chi connectivity index (χ0) is 25.7. The van der Waals surface area contributed by atoms with Gasteiger partial charge in [-0.15, -0.1) is 0 Å². The monoisotopic (exact) mass is 489 g/mol. The van der Waals surface area contributed by atoms with Crippen LogP contribution in [0.25, 0.3) is 16.7 Å². The van der Waals surface area contributed by atoms with Gasteiger partial charge in [-0.25, -0.2) is 9.78 Å². The molecule has 1 heterocycles. The SMILES string of the molecule is COc1cc(OC)c(OC)cc1CNC(=O)COC(=O)c1ccc2c(c1)nc(C)n2-c1ccccc1. The number of ether oxygens (including phenoxy) is 4. The maximum atomic E-state index is 12.6. The molecule has 1 aromatic heterocycles. The molecule has 9 nitrogen and oxygen atoms in total. The number of methoxy groups -OCH3 is 3. The number of para-hydroxylation sites is 1. The molecule has 0 fully saturated rings. The Morgan fingerprint density at radius 3 is 2.28 bits per heavy atom. The van der Waals surface area contributed by atoms with Gasteiger partial charge in [0, 0.05) is 23.9 Å². The first-order valence-electron chi connectivity index (χ1n) is 11.2. The van der Waals surface area contributed by atoms with E-state index in [2.05, 4.69) is 10.3 Å². The number of hydrogen-bond acceptors (Lipinski definition) is 7. The Labute approximate surface area is 208 Å². The Morgan fingerprint density at radius 1 is 0.889 bits per heavy atom. The number of esters is 1. The molecule has 186 valence electrons. The molecule has 1 N–H and O–H groups in total. The van der Waals surface area contributed by atoms with E-state index in [-0.39, 0.29) is 6.54 Å². The molecule has 4 aromatic rings. The zero-order valence-corrected chi connectivity index (χ0v) is 20.5. The molecule has 1 amide bonds. The average Bonchev–Trinajstić information content (AvgIpc) is 3.25. The van der Waals surface area contributed by atoms with Crippen molar-refractivity contribution in [2.45, 2.75) is 13.5 Å². The van der Waals surface area contributed by atoms with Crippen LogP contribution in [-0.2, 0) is 16.1 Å². The molecule has 36 heavy (non-hydrogen) atoms. The second-order valence-corrected chi connectivity index (χ2v) is 7.91. The van der Waals surface area contributed by atoms with E-state index >= 15 is 0 Å². The fourth-order valence-corrected chi connectivity index (χ4v) is 3.92. The highest BCUT2D eigenvalue weighted by Gasteiger charge is 2.16. The summed E-state index contributed by atoms with van der Waals surface area (Å²) < 4.78 is 23.2. The van der Waals surface area contributed by atoms with Crippen molar-refractivity contribution in [1.82, 2.24) is 14.9 Å². The number of rotatable bonds is 9. The maximum absolute atomic E-state index is 12.6. The second kappa shape index (κ2) is 10.8. The highest BCUT2D eigenvalue weighted by molar-refractivity contribution is 5.95. The molecule has 0 atom stereocenters. The van der Waals surface area contributed by atoms with E-state index in [4.69, 9.17) is 18.9 Å². The van der Waals surface area contributed by atoms with Crippen LogP contribution in [0.1, 0.15) is 21.7 Å². The summed E-state index contributed by atoms with van der Waals surface area (Å²) in [5.74, 6) is 1.29. The van der Waals surface area contributed by atoms with Crippen LogP contribution < -0.4 is 19.5 Å².